The average molecular weight is 241 g/mol. The number of hydrogen-bond acceptors (Lipinski definition) is 2. The van der Waals surface area contributed by atoms with Gasteiger partial charge in [-0.2, -0.15) is 0 Å². The summed E-state index contributed by atoms with van der Waals surface area (Å²) in [5.41, 5.74) is 8.30. The first-order chi connectivity index (χ1) is 7.47. The van der Waals surface area contributed by atoms with Gasteiger partial charge in [-0.05, 0) is 31.8 Å². The molecule has 3 nitrogen and oxygen atoms in total. The molecule has 2 N–H and O–H groups in total. The van der Waals surface area contributed by atoms with Crippen molar-refractivity contribution in [2.45, 2.75) is 26.2 Å². The van der Waals surface area contributed by atoms with Crippen molar-refractivity contribution in [2.24, 2.45) is 16.6 Å². The Morgan fingerprint density at radius 2 is 2.25 bits per heavy atom. The van der Waals surface area contributed by atoms with E-state index in [4.69, 9.17) is 17.3 Å². The monoisotopic (exact) mass is 240 g/mol. The van der Waals surface area contributed by atoms with E-state index in [1.165, 1.54) is 5.57 Å². The Hall–Kier alpha value is -1.09. The smallest absolute Gasteiger partial charge is 0.220 e. The lowest BCUT2D eigenvalue weighted by atomic mass is 9.81. The molecule has 0 unspecified atom stereocenters. The molecule has 1 aliphatic rings. The van der Waals surface area contributed by atoms with Gasteiger partial charge in [-0.15, -0.1) is 0 Å². The van der Waals surface area contributed by atoms with Crippen molar-refractivity contribution in [2.75, 3.05) is 7.05 Å². The summed E-state index contributed by atoms with van der Waals surface area (Å²) in [5, 5.41) is 0.402. The molecular weight excluding hydrogens is 224 g/mol. The minimum atomic E-state index is -0.248. The zero-order valence-corrected chi connectivity index (χ0v) is 10.5. The van der Waals surface area contributed by atoms with Crippen LogP contribution in [0.2, 0.25) is 0 Å². The fourth-order valence-corrected chi connectivity index (χ4v) is 2.06. The molecule has 0 bridgehead atoms. The van der Waals surface area contributed by atoms with Crippen LogP contribution in [0.3, 0.4) is 0 Å². The summed E-state index contributed by atoms with van der Waals surface area (Å²) in [7, 11) is 1.62. The van der Waals surface area contributed by atoms with Crippen molar-refractivity contribution >= 4 is 22.7 Å². The summed E-state index contributed by atoms with van der Waals surface area (Å²) in [6.07, 6.45) is 2.32. The summed E-state index contributed by atoms with van der Waals surface area (Å²) < 4.78 is 0. The lowest BCUT2D eigenvalue weighted by molar-refractivity contribution is -0.122. The van der Waals surface area contributed by atoms with Gasteiger partial charge in [0, 0.05) is 18.5 Å². The summed E-state index contributed by atoms with van der Waals surface area (Å²) in [4.78, 5) is 15.1. The third-order valence-corrected chi connectivity index (χ3v) is 3.44. The van der Waals surface area contributed by atoms with E-state index < -0.39 is 0 Å². The van der Waals surface area contributed by atoms with Gasteiger partial charge >= 0.3 is 0 Å². The topological polar surface area (TPSA) is 55.4 Å². The van der Waals surface area contributed by atoms with Crippen molar-refractivity contribution in [3.8, 4) is 0 Å². The van der Waals surface area contributed by atoms with E-state index in [2.05, 4.69) is 11.6 Å². The van der Waals surface area contributed by atoms with E-state index in [0.29, 0.717) is 17.2 Å². The molecule has 0 fully saturated rings. The fraction of sp³-hybridized carbons (Fsp3) is 0.500. The first kappa shape index (κ1) is 13.0. The first-order valence-electron chi connectivity index (χ1n) is 5.27. The molecule has 0 saturated heterocycles. The minimum Gasteiger partial charge on any atom is -0.369 e. The van der Waals surface area contributed by atoms with Gasteiger partial charge in [0.15, 0.2) is 0 Å². The van der Waals surface area contributed by atoms with Crippen LogP contribution in [-0.2, 0) is 4.79 Å². The van der Waals surface area contributed by atoms with Crippen LogP contribution >= 0.6 is 11.6 Å². The van der Waals surface area contributed by atoms with E-state index in [0.717, 1.165) is 18.4 Å². The maximum atomic E-state index is 11.2. The Bertz CT molecular complexity index is 382. The van der Waals surface area contributed by atoms with Crippen LogP contribution in [0.4, 0.5) is 0 Å². The largest absolute Gasteiger partial charge is 0.369 e. The van der Waals surface area contributed by atoms with Crippen molar-refractivity contribution in [3.05, 3.63) is 23.3 Å². The highest BCUT2D eigenvalue weighted by molar-refractivity contribution is 6.70. The van der Waals surface area contributed by atoms with Gasteiger partial charge in [-0.3, -0.25) is 9.79 Å². The maximum absolute atomic E-state index is 11.2. The van der Waals surface area contributed by atoms with Crippen LogP contribution in [0.1, 0.15) is 26.2 Å². The van der Waals surface area contributed by atoms with Gasteiger partial charge in [0.1, 0.15) is 5.17 Å². The van der Waals surface area contributed by atoms with Crippen molar-refractivity contribution in [1.82, 2.24) is 0 Å². The number of primary amides is 1. The zero-order chi connectivity index (χ0) is 12.3. The van der Waals surface area contributed by atoms with Crippen molar-refractivity contribution in [3.63, 3.8) is 0 Å². The summed E-state index contributed by atoms with van der Waals surface area (Å²) >= 11 is 5.94. The lowest BCUT2D eigenvalue weighted by Gasteiger charge is -2.24. The van der Waals surface area contributed by atoms with Gasteiger partial charge in [-0.25, -0.2) is 0 Å². The first-order valence-corrected chi connectivity index (χ1v) is 5.65. The van der Waals surface area contributed by atoms with Gasteiger partial charge < -0.3 is 5.73 Å². The molecule has 0 spiro atoms. The van der Waals surface area contributed by atoms with E-state index in [1.54, 1.807) is 7.05 Å². The van der Waals surface area contributed by atoms with Crippen LogP contribution in [0.25, 0.3) is 0 Å². The van der Waals surface area contributed by atoms with Crippen molar-refractivity contribution in [1.29, 1.82) is 0 Å². The Morgan fingerprint density at radius 1 is 1.62 bits per heavy atom. The number of allylic oxidation sites excluding steroid dienone is 3. The number of amides is 1. The second-order valence-electron chi connectivity index (χ2n) is 4.09. The van der Waals surface area contributed by atoms with Crippen LogP contribution in [0.15, 0.2) is 28.3 Å². The summed E-state index contributed by atoms with van der Waals surface area (Å²) in [5.74, 6) is -0.348. The van der Waals surface area contributed by atoms with Gasteiger partial charge in [0.05, 0.1) is 0 Å². The Balaban J connectivity index is 2.94. The molecule has 0 saturated carbocycles. The van der Waals surface area contributed by atoms with E-state index in [-0.39, 0.29) is 11.8 Å². The maximum Gasteiger partial charge on any atom is 0.220 e. The number of halogens is 1. The zero-order valence-electron chi connectivity index (χ0n) is 9.72. The molecule has 4 heteroatoms. The average Bonchev–Trinajstić information content (AvgIpc) is 2.27. The molecule has 0 aromatic carbocycles. The number of nitrogens with zero attached hydrogens (tertiary/aromatic N) is 1. The predicted octanol–water partition coefficient (Wildman–Crippen LogP) is 2.41. The molecule has 0 radical (unpaired) electrons. The fourth-order valence-electron chi connectivity index (χ4n) is 1.95. The molecule has 1 aliphatic carbocycles. The Morgan fingerprint density at radius 3 is 2.75 bits per heavy atom. The van der Waals surface area contributed by atoms with Gasteiger partial charge in [0.25, 0.3) is 0 Å². The van der Waals surface area contributed by atoms with Crippen LogP contribution in [0, 0.1) is 5.92 Å². The number of aliphatic imine (C=N–C) groups is 1. The molecule has 0 aromatic rings. The molecule has 0 heterocycles. The molecule has 0 aromatic heterocycles. The van der Waals surface area contributed by atoms with Gasteiger partial charge in [0.2, 0.25) is 5.91 Å². The molecule has 1 rings (SSSR count). The van der Waals surface area contributed by atoms with Crippen molar-refractivity contribution < 1.29 is 4.79 Å². The molecule has 0 aliphatic heterocycles. The van der Waals surface area contributed by atoms with Gasteiger partial charge in [-0.1, -0.05) is 23.8 Å². The minimum absolute atomic E-state index is 0.100. The molecular formula is C12H17ClN2O. The quantitative estimate of drug-likeness (QED) is 0.757. The third kappa shape index (κ3) is 2.73. The van der Waals surface area contributed by atoms with Crippen LogP contribution in [0.5, 0.6) is 0 Å². The normalized spacial score (nSPS) is 22.2. The SMILES string of the molecule is C=C(C(Cl)=NC)C1=C(C)CC[C@H](C(N)=O)C1. The number of nitrogens with two attached hydrogens (primary N) is 1. The van der Waals surface area contributed by atoms with Crippen LogP contribution in [-0.4, -0.2) is 18.1 Å². The summed E-state index contributed by atoms with van der Waals surface area (Å²) in [6, 6.07) is 0. The standard InChI is InChI=1S/C12H17ClN2O/c1-7-4-5-9(12(14)16)6-10(7)8(2)11(13)15-3/h9H,2,4-6H2,1,3H3,(H2,14,16)/t9-/m0/s1. The molecule has 88 valence electrons. The molecule has 16 heavy (non-hydrogen) atoms. The van der Waals surface area contributed by atoms with E-state index in [1.807, 2.05) is 6.92 Å². The highest BCUT2D eigenvalue weighted by Crippen LogP contribution is 2.33. The van der Waals surface area contributed by atoms with E-state index >= 15 is 0 Å². The van der Waals surface area contributed by atoms with Crippen LogP contribution < -0.4 is 5.73 Å². The number of rotatable bonds is 3. The Kier molecular flexibility index (Phi) is 4.30. The molecule has 1 atom stereocenters. The lowest BCUT2D eigenvalue weighted by Crippen LogP contribution is -2.26. The molecule has 1 amide bonds. The number of hydrogen-bond donors (Lipinski definition) is 1. The highest BCUT2D eigenvalue weighted by atomic mass is 35.5. The number of carbonyl (C=O) groups is 1. The second kappa shape index (κ2) is 5.30. The number of carbonyl (C=O) groups excluding carboxylic acids is 1. The second-order valence-corrected chi connectivity index (χ2v) is 4.45. The summed E-state index contributed by atoms with van der Waals surface area (Å²) in [6.45, 7) is 5.96. The highest BCUT2D eigenvalue weighted by Gasteiger charge is 2.25. The van der Waals surface area contributed by atoms with E-state index in [9.17, 15) is 4.79 Å². The third-order valence-electron chi connectivity index (χ3n) is 3.05. The predicted molar refractivity (Wildman–Crippen MR) is 67.6 cm³/mol. The Labute approximate surface area is 101 Å².